The highest BCUT2D eigenvalue weighted by Gasteiger charge is 2.34. The Morgan fingerprint density at radius 3 is 2.45 bits per heavy atom. The molecule has 0 saturated carbocycles. The number of hydrogen-bond donors (Lipinski definition) is 3. The van der Waals surface area contributed by atoms with Crippen LogP contribution in [0.5, 0.6) is 0 Å². The monoisotopic (exact) mass is 291 g/mol. The van der Waals surface area contributed by atoms with Crippen molar-refractivity contribution >= 4 is 17.7 Å². The highest BCUT2D eigenvalue weighted by atomic mass is 19.4. The number of aromatic nitrogens is 2. The van der Waals surface area contributed by atoms with E-state index >= 15 is 0 Å². The number of rotatable bonds is 4. The number of anilines is 2. The number of hydrogen-bond acceptors (Lipinski definition) is 5. The maximum atomic E-state index is 12.6. The molecule has 20 heavy (non-hydrogen) atoms. The van der Waals surface area contributed by atoms with Crippen LogP contribution in [-0.2, 0) is 11.0 Å². The fourth-order valence-electron chi connectivity index (χ4n) is 1.43. The molecule has 0 saturated heterocycles. The fourth-order valence-corrected chi connectivity index (χ4v) is 1.43. The molecule has 1 aromatic heterocycles. The molecule has 0 aliphatic carbocycles. The number of halogens is 3. The number of carbonyl (C=O) groups is 1. The summed E-state index contributed by atoms with van der Waals surface area (Å²) in [5.41, 5.74) is 3.29. The van der Waals surface area contributed by atoms with Crippen molar-refractivity contribution in [3.8, 4) is 0 Å². The third-order valence-corrected chi connectivity index (χ3v) is 2.59. The van der Waals surface area contributed by atoms with E-state index in [-0.39, 0.29) is 18.3 Å². The molecule has 1 rings (SSSR count). The standard InChI is InChI=1S/C11H16F3N5O/c1-10(2,8(20)16-3)5-17-7-4-6(11(12,13)14)18-9(15)19-7/h4H,5H2,1-3H3,(H,16,20)(H3,15,17,18,19). The van der Waals surface area contributed by atoms with E-state index in [1.54, 1.807) is 13.8 Å². The predicted molar refractivity (Wildman–Crippen MR) is 67.8 cm³/mol. The van der Waals surface area contributed by atoms with E-state index in [1.165, 1.54) is 7.05 Å². The lowest BCUT2D eigenvalue weighted by Gasteiger charge is -2.23. The predicted octanol–water partition coefficient (Wildman–Crippen LogP) is 1.26. The Bertz CT molecular complexity index is 501. The number of carbonyl (C=O) groups excluding carboxylic acids is 1. The Kier molecular flexibility index (Phi) is 4.41. The molecular weight excluding hydrogens is 275 g/mol. The maximum absolute atomic E-state index is 12.6. The Balaban J connectivity index is 2.89. The summed E-state index contributed by atoms with van der Waals surface area (Å²) >= 11 is 0. The van der Waals surface area contributed by atoms with Gasteiger partial charge in [0.05, 0.1) is 5.41 Å². The van der Waals surface area contributed by atoms with Crippen molar-refractivity contribution in [2.45, 2.75) is 20.0 Å². The van der Waals surface area contributed by atoms with Crippen molar-refractivity contribution < 1.29 is 18.0 Å². The van der Waals surface area contributed by atoms with E-state index in [0.29, 0.717) is 0 Å². The van der Waals surface area contributed by atoms with Gasteiger partial charge < -0.3 is 16.4 Å². The summed E-state index contributed by atoms with van der Waals surface area (Å²) in [6.45, 7) is 3.39. The molecule has 0 aliphatic heterocycles. The van der Waals surface area contributed by atoms with Crippen LogP contribution in [-0.4, -0.2) is 29.5 Å². The lowest BCUT2D eigenvalue weighted by molar-refractivity contribution is -0.141. The minimum Gasteiger partial charge on any atom is -0.369 e. The minimum absolute atomic E-state index is 0.0817. The van der Waals surface area contributed by atoms with Gasteiger partial charge in [-0.05, 0) is 13.8 Å². The molecule has 0 spiro atoms. The quantitative estimate of drug-likeness (QED) is 0.776. The molecule has 0 unspecified atom stereocenters. The summed E-state index contributed by atoms with van der Waals surface area (Å²) in [6, 6.07) is 0.746. The van der Waals surface area contributed by atoms with Gasteiger partial charge in [-0.25, -0.2) is 4.98 Å². The van der Waals surface area contributed by atoms with Gasteiger partial charge in [-0.3, -0.25) is 4.79 Å². The van der Waals surface area contributed by atoms with E-state index < -0.39 is 23.2 Å². The number of nitrogens with zero attached hydrogens (tertiary/aromatic N) is 2. The van der Waals surface area contributed by atoms with Gasteiger partial charge in [0.15, 0.2) is 5.69 Å². The topological polar surface area (TPSA) is 92.9 Å². The van der Waals surface area contributed by atoms with Crippen molar-refractivity contribution in [3.63, 3.8) is 0 Å². The normalized spacial score (nSPS) is 12.1. The van der Waals surface area contributed by atoms with Crippen molar-refractivity contribution in [3.05, 3.63) is 11.8 Å². The van der Waals surface area contributed by atoms with Crippen LogP contribution in [0, 0.1) is 5.41 Å². The van der Waals surface area contributed by atoms with Gasteiger partial charge in [-0.1, -0.05) is 0 Å². The molecule has 0 bridgehead atoms. The molecule has 4 N–H and O–H groups in total. The van der Waals surface area contributed by atoms with E-state index in [0.717, 1.165) is 6.07 Å². The zero-order chi connectivity index (χ0) is 15.6. The molecule has 0 aliphatic rings. The summed E-state index contributed by atoms with van der Waals surface area (Å²) < 4.78 is 37.7. The smallest absolute Gasteiger partial charge is 0.369 e. The van der Waals surface area contributed by atoms with Crippen LogP contribution < -0.4 is 16.4 Å². The number of alkyl halides is 3. The van der Waals surface area contributed by atoms with Gasteiger partial charge in [-0.15, -0.1) is 0 Å². The molecular formula is C11H16F3N5O. The lowest BCUT2D eigenvalue weighted by Crippen LogP contribution is -2.39. The average molecular weight is 291 g/mol. The fraction of sp³-hybridized carbons (Fsp3) is 0.545. The van der Waals surface area contributed by atoms with Gasteiger partial charge in [0.25, 0.3) is 0 Å². The molecule has 0 radical (unpaired) electrons. The van der Waals surface area contributed by atoms with Crippen LogP contribution in [0.1, 0.15) is 19.5 Å². The van der Waals surface area contributed by atoms with E-state index in [9.17, 15) is 18.0 Å². The Morgan fingerprint density at radius 2 is 1.95 bits per heavy atom. The number of amides is 1. The Labute approximate surface area is 114 Å². The van der Waals surface area contributed by atoms with Crippen LogP contribution >= 0.6 is 0 Å². The first-order chi connectivity index (χ1) is 9.06. The molecule has 9 heteroatoms. The second-order valence-electron chi connectivity index (χ2n) is 4.81. The van der Waals surface area contributed by atoms with Crippen molar-refractivity contribution in [1.29, 1.82) is 0 Å². The van der Waals surface area contributed by atoms with Crippen LogP contribution in [0.4, 0.5) is 24.9 Å². The third-order valence-electron chi connectivity index (χ3n) is 2.59. The van der Waals surface area contributed by atoms with Gasteiger partial charge in [0.1, 0.15) is 5.82 Å². The van der Waals surface area contributed by atoms with Crippen LogP contribution in [0.25, 0.3) is 0 Å². The van der Waals surface area contributed by atoms with E-state index in [1.807, 2.05) is 0 Å². The molecule has 6 nitrogen and oxygen atoms in total. The summed E-state index contributed by atoms with van der Waals surface area (Å²) in [5.74, 6) is -0.815. The van der Waals surface area contributed by atoms with Gasteiger partial charge in [0.2, 0.25) is 11.9 Å². The molecule has 1 heterocycles. The van der Waals surface area contributed by atoms with E-state index in [2.05, 4.69) is 20.6 Å². The highest BCUT2D eigenvalue weighted by Crippen LogP contribution is 2.29. The van der Waals surface area contributed by atoms with Crippen LogP contribution in [0.3, 0.4) is 0 Å². The largest absolute Gasteiger partial charge is 0.433 e. The molecule has 1 amide bonds. The van der Waals surface area contributed by atoms with Crippen molar-refractivity contribution in [2.24, 2.45) is 5.41 Å². The molecule has 0 fully saturated rings. The average Bonchev–Trinajstić information content (AvgIpc) is 2.33. The summed E-state index contributed by atoms with van der Waals surface area (Å²) in [7, 11) is 1.48. The first kappa shape index (κ1) is 16.0. The van der Waals surface area contributed by atoms with E-state index in [4.69, 9.17) is 5.73 Å². The zero-order valence-electron chi connectivity index (χ0n) is 11.3. The lowest BCUT2D eigenvalue weighted by atomic mass is 9.92. The Morgan fingerprint density at radius 1 is 1.35 bits per heavy atom. The van der Waals surface area contributed by atoms with Crippen molar-refractivity contribution in [2.75, 3.05) is 24.6 Å². The number of nitrogens with one attached hydrogen (secondary N) is 2. The van der Waals surface area contributed by atoms with Gasteiger partial charge >= 0.3 is 6.18 Å². The van der Waals surface area contributed by atoms with Gasteiger partial charge in [-0.2, -0.15) is 18.2 Å². The summed E-state index contributed by atoms with van der Waals surface area (Å²) in [4.78, 5) is 18.3. The van der Waals surface area contributed by atoms with Crippen LogP contribution in [0.15, 0.2) is 6.07 Å². The summed E-state index contributed by atoms with van der Waals surface area (Å²) in [6.07, 6.45) is -4.61. The minimum atomic E-state index is -4.61. The van der Waals surface area contributed by atoms with Gasteiger partial charge in [0, 0.05) is 19.7 Å². The number of nitrogen functional groups attached to an aromatic ring is 1. The SMILES string of the molecule is CNC(=O)C(C)(C)CNc1cc(C(F)(F)F)nc(N)n1. The van der Waals surface area contributed by atoms with Crippen molar-refractivity contribution in [1.82, 2.24) is 15.3 Å². The number of nitrogens with two attached hydrogens (primary N) is 1. The molecule has 1 aromatic rings. The molecule has 0 atom stereocenters. The maximum Gasteiger partial charge on any atom is 0.433 e. The first-order valence-electron chi connectivity index (χ1n) is 5.74. The third kappa shape index (κ3) is 3.97. The Hall–Kier alpha value is -2.06. The summed E-state index contributed by atoms with van der Waals surface area (Å²) in [5, 5.41) is 5.13. The second kappa shape index (κ2) is 5.51. The molecule has 112 valence electrons. The zero-order valence-corrected chi connectivity index (χ0v) is 11.3. The highest BCUT2D eigenvalue weighted by molar-refractivity contribution is 5.82. The second-order valence-corrected chi connectivity index (χ2v) is 4.81. The molecule has 0 aromatic carbocycles. The first-order valence-corrected chi connectivity index (χ1v) is 5.74. The van der Waals surface area contributed by atoms with Crippen LogP contribution in [0.2, 0.25) is 0 Å².